The first kappa shape index (κ1) is 15.9. The van der Waals surface area contributed by atoms with Crippen LogP contribution in [0.1, 0.15) is 44.6 Å². The van der Waals surface area contributed by atoms with Crippen molar-refractivity contribution in [3.8, 4) is 0 Å². The van der Waals surface area contributed by atoms with Crippen molar-refractivity contribution < 1.29 is 13.6 Å². The molecule has 1 fully saturated rings. The predicted octanol–water partition coefficient (Wildman–Crippen LogP) is 2.97. The second-order valence-electron chi connectivity index (χ2n) is 5.74. The summed E-state index contributed by atoms with van der Waals surface area (Å²) >= 11 is 0. The topological polar surface area (TPSA) is 46.3 Å². The Labute approximate surface area is 124 Å². The van der Waals surface area contributed by atoms with Gasteiger partial charge in [-0.3, -0.25) is 4.79 Å². The van der Waals surface area contributed by atoms with E-state index in [-0.39, 0.29) is 18.0 Å². The molecule has 0 aromatic heterocycles. The van der Waals surface area contributed by atoms with E-state index >= 15 is 0 Å². The number of nitrogens with two attached hydrogens (primary N) is 1. The van der Waals surface area contributed by atoms with E-state index < -0.39 is 17.2 Å². The van der Waals surface area contributed by atoms with Gasteiger partial charge in [0.2, 0.25) is 5.91 Å². The van der Waals surface area contributed by atoms with Crippen molar-refractivity contribution in [1.82, 2.24) is 4.90 Å². The van der Waals surface area contributed by atoms with Crippen molar-refractivity contribution in [3.05, 3.63) is 35.4 Å². The summed E-state index contributed by atoms with van der Waals surface area (Å²) < 4.78 is 27.5. The van der Waals surface area contributed by atoms with E-state index in [0.29, 0.717) is 19.4 Å². The SMILES string of the molecule is CCN(Cc1c(F)cccc1F)C(=O)C1(N)CCCCC1. The molecule has 2 N–H and O–H groups in total. The summed E-state index contributed by atoms with van der Waals surface area (Å²) in [6, 6.07) is 3.73. The Morgan fingerprint density at radius 2 is 1.81 bits per heavy atom. The maximum Gasteiger partial charge on any atom is 0.242 e. The van der Waals surface area contributed by atoms with Crippen molar-refractivity contribution in [3.63, 3.8) is 0 Å². The standard InChI is InChI=1S/C16H22F2N2O/c1-2-20(11-12-13(17)7-6-8-14(12)18)15(21)16(19)9-4-3-5-10-16/h6-8H,2-5,9-11,19H2,1H3. The highest BCUT2D eigenvalue weighted by atomic mass is 19.1. The van der Waals surface area contributed by atoms with Gasteiger partial charge in [0.15, 0.2) is 0 Å². The average molecular weight is 296 g/mol. The number of hydrogen-bond donors (Lipinski definition) is 1. The molecule has 0 atom stereocenters. The van der Waals surface area contributed by atoms with Crippen LogP contribution in [-0.2, 0) is 11.3 Å². The quantitative estimate of drug-likeness (QED) is 0.928. The number of carbonyl (C=O) groups is 1. The lowest BCUT2D eigenvalue weighted by Crippen LogP contribution is -2.56. The lowest BCUT2D eigenvalue weighted by molar-refractivity contribution is -0.138. The molecule has 1 saturated carbocycles. The molecule has 0 aliphatic heterocycles. The fourth-order valence-electron chi connectivity index (χ4n) is 2.91. The molecule has 1 aromatic rings. The third kappa shape index (κ3) is 3.40. The highest BCUT2D eigenvalue weighted by Gasteiger charge is 2.38. The van der Waals surface area contributed by atoms with Crippen LogP contribution in [0.25, 0.3) is 0 Å². The first-order chi connectivity index (χ1) is 9.98. The van der Waals surface area contributed by atoms with Crippen LogP contribution in [0.15, 0.2) is 18.2 Å². The first-order valence-corrected chi connectivity index (χ1v) is 7.49. The zero-order valence-corrected chi connectivity index (χ0v) is 12.4. The van der Waals surface area contributed by atoms with Crippen LogP contribution < -0.4 is 5.73 Å². The second-order valence-corrected chi connectivity index (χ2v) is 5.74. The minimum absolute atomic E-state index is 0.0766. The smallest absolute Gasteiger partial charge is 0.242 e. The van der Waals surface area contributed by atoms with Crippen LogP contribution in [0.2, 0.25) is 0 Å². The molecule has 0 bridgehead atoms. The van der Waals surface area contributed by atoms with Gasteiger partial charge in [-0.1, -0.05) is 25.3 Å². The number of amides is 1. The Morgan fingerprint density at radius 3 is 2.33 bits per heavy atom. The number of rotatable bonds is 4. The molecule has 0 saturated heterocycles. The van der Waals surface area contributed by atoms with Crippen LogP contribution in [-0.4, -0.2) is 22.9 Å². The molecule has 1 amide bonds. The van der Waals surface area contributed by atoms with Crippen molar-refractivity contribution in [2.45, 2.75) is 51.1 Å². The van der Waals surface area contributed by atoms with E-state index in [2.05, 4.69) is 0 Å². The summed E-state index contributed by atoms with van der Waals surface area (Å²) in [7, 11) is 0. The number of halogens is 2. The molecule has 3 nitrogen and oxygen atoms in total. The lowest BCUT2D eigenvalue weighted by atomic mass is 9.81. The summed E-state index contributed by atoms with van der Waals surface area (Å²) in [6.45, 7) is 2.10. The fourth-order valence-corrected chi connectivity index (χ4v) is 2.91. The Bertz CT molecular complexity index is 493. The molecule has 0 unspecified atom stereocenters. The lowest BCUT2D eigenvalue weighted by Gasteiger charge is -2.36. The van der Waals surface area contributed by atoms with Gasteiger partial charge in [-0.05, 0) is 31.9 Å². The predicted molar refractivity (Wildman–Crippen MR) is 77.5 cm³/mol. The number of likely N-dealkylation sites (N-methyl/N-ethyl adjacent to an activating group) is 1. The van der Waals surface area contributed by atoms with Gasteiger partial charge in [0, 0.05) is 12.1 Å². The van der Waals surface area contributed by atoms with E-state index in [9.17, 15) is 13.6 Å². The van der Waals surface area contributed by atoms with Gasteiger partial charge in [-0.2, -0.15) is 0 Å². The van der Waals surface area contributed by atoms with Crippen LogP contribution in [0, 0.1) is 11.6 Å². The number of nitrogens with zero attached hydrogens (tertiary/aromatic N) is 1. The van der Waals surface area contributed by atoms with Gasteiger partial charge in [0.1, 0.15) is 11.6 Å². The summed E-state index contributed by atoms with van der Waals surface area (Å²) in [5, 5.41) is 0. The normalized spacial score (nSPS) is 17.5. The third-order valence-electron chi connectivity index (χ3n) is 4.25. The number of carbonyl (C=O) groups excluding carboxylic acids is 1. The first-order valence-electron chi connectivity index (χ1n) is 7.49. The van der Waals surface area contributed by atoms with Crippen LogP contribution in [0.5, 0.6) is 0 Å². The summed E-state index contributed by atoms with van der Waals surface area (Å²) in [5.74, 6) is -1.46. The molecule has 21 heavy (non-hydrogen) atoms. The average Bonchev–Trinajstić information content (AvgIpc) is 2.47. The molecule has 0 radical (unpaired) electrons. The van der Waals surface area contributed by atoms with Gasteiger partial charge in [-0.25, -0.2) is 8.78 Å². The summed E-state index contributed by atoms with van der Waals surface area (Å²) in [6.07, 6.45) is 4.21. The van der Waals surface area contributed by atoms with E-state index in [1.54, 1.807) is 6.92 Å². The molecule has 116 valence electrons. The minimum Gasteiger partial charge on any atom is -0.337 e. The largest absolute Gasteiger partial charge is 0.337 e. The van der Waals surface area contributed by atoms with Gasteiger partial charge in [0.25, 0.3) is 0 Å². The van der Waals surface area contributed by atoms with Crippen molar-refractivity contribution in [2.24, 2.45) is 5.73 Å². The molecule has 0 spiro atoms. The zero-order valence-electron chi connectivity index (χ0n) is 12.4. The van der Waals surface area contributed by atoms with Crippen LogP contribution >= 0.6 is 0 Å². The third-order valence-corrected chi connectivity index (χ3v) is 4.25. The maximum absolute atomic E-state index is 13.7. The Balaban J connectivity index is 2.18. The Morgan fingerprint density at radius 1 is 1.24 bits per heavy atom. The summed E-state index contributed by atoms with van der Waals surface area (Å²) in [4.78, 5) is 14.1. The monoisotopic (exact) mass is 296 g/mol. The van der Waals surface area contributed by atoms with E-state index in [4.69, 9.17) is 5.73 Å². The number of benzene rings is 1. The van der Waals surface area contributed by atoms with Crippen molar-refractivity contribution in [1.29, 1.82) is 0 Å². The molecule has 1 aliphatic rings. The molecular formula is C16H22F2N2O. The van der Waals surface area contributed by atoms with E-state index in [1.165, 1.54) is 23.1 Å². The fraction of sp³-hybridized carbons (Fsp3) is 0.562. The van der Waals surface area contributed by atoms with E-state index in [1.807, 2.05) is 0 Å². The molecule has 1 aliphatic carbocycles. The second kappa shape index (κ2) is 6.52. The highest BCUT2D eigenvalue weighted by molar-refractivity contribution is 5.86. The Kier molecular flexibility index (Phi) is 4.93. The van der Waals surface area contributed by atoms with Crippen LogP contribution in [0.4, 0.5) is 8.78 Å². The van der Waals surface area contributed by atoms with E-state index in [0.717, 1.165) is 19.3 Å². The molecule has 5 heteroatoms. The molecule has 1 aromatic carbocycles. The molecule has 0 heterocycles. The summed E-state index contributed by atoms with van der Waals surface area (Å²) in [5.41, 5.74) is 5.27. The van der Waals surface area contributed by atoms with Gasteiger partial charge < -0.3 is 10.6 Å². The van der Waals surface area contributed by atoms with Gasteiger partial charge >= 0.3 is 0 Å². The van der Waals surface area contributed by atoms with Crippen molar-refractivity contribution in [2.75, 3.05) is 6.54 Å². The van der Waals surface area contributed by atoms with Crippen LogP contribution in [0.3, 0.4) is 0 Å². The van der Waals surface area contributed by atoms with Gasteiger partial charge in [-0.15, -0.1) is 0 Å². The molecular weight excluding hydrogens is 274 g/mol. The Hall–Kier alpha value is -1.49. The van der Waals surface area contributed by atoms with Crippen molar-refractivity contribution >= 4 is 5.91 Å². The molecule has 2 rings (SSSR count). The highest BCUT2D eigenvalue weighted by Crippen LogP contribution is 2.28. The number of hydrogen-bond acceptors (Lipinski definition) is 2. The zero-order chi connectivity index (χ0) is 15.5. The maximum atomic E-state index is 13.7. The minimum atomic E-state index is -0.879. The van der Waals surface area contributed by atoms with Gasteiger partial charge in [0.05, 0.1) is 12.1 Å².